The molecule has 1 heteroatoms. The van der Waals surface area contributed by atoms with Crippen LogP contribution in [-0.2, 0) is 0 Å². The second kappa shape index (κ2) is 3.37. The van der Waals surface area contributed by atoms with Gasteiger partial charge >= 0.3 is 0 Å². The Hall–Kier alpha value is -0.300. The van der Waals surface area contributed by atoms with E-state index in [0.717, 1.165) is 19.3 Å². The Morgan fingerprint density at radius 1 is 1.36 bits per heavy atom. The maximum atomic E-state index is 10.7. The number of aliphatic hydroxyl groups is 1. The SMILES string of the molecule is C=C1[C@H]2CCCC[C@]2(O)[C@@H](C)C[C@@H]1C. The van der Waals surface area contributed by atoms with Crippen molar-refractivity contribution in [3.05, 3.63) is 12.2 Å². The monoisotopic (exact) mass is 194 g/mol. The summed E-state index contributed by atoms with van der Waals surface area (Å²) in [6.07, 6.45) is 5.73. The van der Waals surface area contributed by atoms with Crippen LogP contribution in [0.25, 0.3) is 0 Å². The van der Waals surface area contributed by atoms with Crippen LogP contribution in [0.2, 0.25) is 0 Å². The molecule has 0 spiro atoms. The molecule has 2 aliphatic rings. The molecular formula is C13H22O. The molecule has 0 saturated heterocycles. The molecule has 0 heterocycles. The summed E-state index contributed by atoms with van der Waals surface area (Å²) in [5, 5.41) is 10.7. The zero-order valence-corrected chi connectivity index (χ0v) is 9.42. The molecular weight excluding hydrogens is 172 g/mol. The van der Waals surface area contributed by atoms with E-state index in [9.17, 15) is 5.11 Å². The normalized spacial score (nSPS) is 48.8. The van der Waals surface area contributed by atoms with Gasteiger partial charge in [0.15, 0.2) is 0 Å². The molecule has 0 aliphatic heterocycles. The predicted molar refractivity (Wildman–Crippen MR) is 59.0 cm³/mol. The molecule has 2 fully saturated rings. The third-order valence-electron chi connectivity index (χ3n) is 4.56. The van der Waals surface area contributed by atoms with Gasteiger partial charge in [-0.05, 0) is 31.1 Å². The van der Waals surface area contributed by atoms with Crippen molar-refractivity contribution in [2.24, 2.45) is 17.8 Å². The number of fused-ring (bicyclic) bond motifs is 1. The lowest BCUT2D eigenvalue weighted by Gasteiger charge is -2.51. The Balaban J connectivity index is 2.27. The van der Waals surface area contributed by atoms with E-state index in [1.165, 1.54) is 18.4 Å². The van der Waals surface area contributed by atoms with Gasteiger partial charge in [-0.3, -0.25) is 0 Å². The summed E-state index contributed by atoms with van der Waals surface area (Å²) in [6, 6.07) is 0. The van der Waals surface area contributed by atoms with Crippen LogP contribution in [0, 0.1) is 17.8 Å². The van der Waals surface area contributed by atoms with E-state index >= 15 is 0 Å². The van der Waals surface area contributed by atoms with Crippen molar-refractivity contribution in [3.8, 4) is 0 Å². The lowest BCUT2D eigenvalue weighted by molar-refractivity contribution is -0.0992. The van der Waals surface area contributed by atoms with Crippen molar-refractivity contribution in [1.29, 1.82) is 0 Å². The third kappa shape index (κ3) is 1.33. The third-order valence-corrected chi connectivity index (χ3v) is 4.56. The molecule has 0 bridgehead atoms. The van der Waals surface area contributed by atoms with Gasteiger partial charge in [0.1, 0.15) is 0 Å². The summed E-state index contributed by atoms with van der Waals surface area (Å²) in [7, 11) is 0. The van der Waals surface area contributed by atoms with Gasteiger partial charge in [-0.15, -0.1) is 0 Å². The molecule has 1 nitrogen and oxygen atoms in total. The van der Waals surface area contributed by atoms with E-state index in [1.54, 1.807) is 0 Å². The fraction of sp³-hybridized carbons (Fsp3) is 0.846. The van der Waals surface area contributed by atoms with E-state index in [0.29, 0.717) is 17.8 Å². The first-order valence-corrected chi connectivity index (χ1v) is 5.96. The fourth-order valence-electron chi connectivity index (χ4n) is 3.51. The van der Waals surface area contributed by atoms with Crippen molar-refractivity contribution < 1.29 is 5.11 Å². The molecule has 0 unspecified atom stereocenters. The maximum absolute atomic E-state index is 10.7. The maximum Gasteiger partial charge on any atom is 0.0738 e. The lowest BCUT2D eigenvalue weighted by atomic mass is 9.58. The predicted octanol–water partition coefficient (Wildman–Crippen LogP) is 3.14. The minimum absolute atomic E-state index is 0.384. The molecule has 2 rings (SSSR count). The molecule has 80 valence electrons. The van der Waals surface area contributed by atoms with Crippen LogP contribution < -0.4 is 0 Å². The quantitative estimate of drug-likeness (QED) is 0.587. The van der Waals surface area contributed by atoms with Gasteiger partial charge in [0, 0.05) is 5.92 Å². The molecule has 2 saturated carbocycles. The van der Waals surface area contributed by atoms with Crippen LogP contribution in [-0.4, -0.2) is 10.7 Å². The van der Waals surface area contributed by atoms with Crippen molar-refractivity contribution >= 4 is 0 Å². The molecule has 0 aromatic heterocycles. The van der Waals surface area contributed by atoms with Gasteiger partial charge in [0.05, 0.1) is 5.60 Å². The lowest BCUT2D eigenvalue weighted by Crippen LogP contribution is -2.51. The first-order chi connectivity index (χ1) is 6.55. The first kappa shape index (κ1) is 10.2. The Morgan fingerprint density at radius 3 is 2.79 bits per heavy atom. The van der Waals surface area contributed by atoms with Crippen molar-refractivity contribution in [1.82, 2.24) is 0 Å². The van der Waals surface area contributed by atoms with E-state index in [4.69, 9.17) is 0 Å². The van der Waals surface area contributed by atoms with Crippen LogP contribution in [0.1, 0.15) is 46.0 Å². The highest BCUT2D eigenvalue weighted by Gasteiger charge is 2.48. The summed E-state index contributed by atoms with van der Waals surface area (Å²) in [6.45, 7) is 8.67. The van der Waals surface area contributed by atoms with E-state index in [-0.39, 0.29) is 0 Å². The van der Waals surface area contributed by atoms with Crippen LogP contribution in [0.5, 0.6) is 0 Å². The highest BCUT2D eigenvalue weighted by molar-refractivity contribution is 5.18. The highest BCUT2D eigenvalue weighted by Crippen LogP contribution is 2.50. The van der Waals surface area contributed by atoms with Crippen LogP contribution in [0.4, 0.5) is 0 Å². The summed E-state index contributed by atoms with van der Waals surface area (Å²) in [5.41, 5.74) is 0.896. The minimum atomic E-state index is -0.415. The summed E-state index contributed by atoms with van der Waals surface area (Å²) in [4.78, 5) is 0. The molecule has 0 amide bonds. The highest BCUT2D eigenvalue weighted by atomic mass is 16.3. The second-order valence-electron chi connectivity index (χ2n) is 5.40. The van der Waals surface area contributed by atoms with Crippen molar-refractivity contribution in [3.63, 3.8) is 0 Å². The van der Waals surface area contributed by atoms with Gasteiger partial charge in [-0.25, -0.2) is 0 Å². The molecule has 0 radical (unpaired) electrons. The molecule has 1 N–H and O–H groups in total. The molecule has 4 atom stereocenters. The largest absolute Gasteiger partial charge is 0.389 e. The van der Waals surface area contributed by atoms with Gasteiger partial charge in [0.25, 0.3) is 0 Å². The second-order valence-corrected chi connectivity index (χ2v) is 5.40. The van der Waals surface area contributed by atoms with Crippen LogP contribution in [0.3, 0.4) is 0 Å². The smallest absolute Gasteiger partial charge is 0.0738 e. The number of hydrogen-bond acceptors (Lipinski definition) is 1. The number of rotatable bonds is 0. The molecule has 0 aromatic carbocycles. The Morgan fingerprint density at radius 2 is 2.07 bits per heavy atom. The Kier molecular flexibility index (Phi) is 2.46. The van der Waals surface area contributed by atoms with Crippen molar-refractivity contribution in [2.45, 2.75) is 51.6 Å². The molecule has 0 aromatic rings. The topological polar surface area (TPSA) is 20.2 Å². The van der Waals surface area contributed by atoms with Crippen LogP contribution >= 0.6 is 0 Å². The van der Waals surface area contributed by atoms with Gasteiger partial charge in [-0.2, -0.15) is 0 Å². The molecule has 2 aliphatic carbocycles. The average molecular weight is 194 g/mol. The summed E-state index contributed by atoms with van der Waals surface area (Å²) < 4.78 is 0. The summed E-state index contributed by atoms with van der Waals surface area (Å²) >= 11 is 0. The zero-order valence-electron chi connectivity index (χ0n) is 9.42. The Labute approximate surface area is 87.2 Å². The molecule has 14 heavy (non-hydrogen) atoms. The van der Waals surface area contributed by atoms with Gasteiger partial charge < -0.3 is 5.11 Å². The van der Waals surface area contributed by atoms with Gasteiger partial charge in [0.2, 0.25) is 0 Å². The van der Waals surface area contributed by atoms with Crippen molar-refractivity contribution in [2.75, 3.05) is 0 Å². The average Bonchev–Trinajstić information content (AvgIpc) is 2.15. The van der Waals surface area contributed by atoms with E-state index in [1.807, 2.05) is 0 Å². The summed E-state index contributed by atoms with van der Waals surface area (Å²) in [5.74, 6) is 1.44. The van der Waals surface area contributed by atoms with Gasteiger partial charge in [-0.1, -0.05) is 38.8 Å². The fourth-order valence-corrected chi connectivity index (χ4v) is 3.51. The zero-order chi connectivity index (χ0) is 10.3. The standard InChI is InChI=1S/C13H22O/c1-9-8-10(2)13(14)7-5-4-6-12(13)11(9)3/h9-10,12,14H,3-8H2,1-2H3/t9-,10-,12+,13-/m0/s1. The number of hydrogen-bond donors (Lipinski definition) is 1. The van der Waals surface area contributed by atoms with E-state index in [2.05, 4.69) is 20.4 Å². The Bertz CT molecular complexity index is 246. The minimum Gasteiger partial charge on any atom is -0.389 e. The van der Waals surface area contributed by atoms with E-state index < -0.39 is 5.60 Å². The van der Waals surface area contributed by atoms with Crippen LogP contribution in [0.15, 0.2) is 12.2 Å². The first-order valence-electron chi connectivity index (χ1n) is 5.96.